The lowest BCUT2D eigenvalue weighted by Gasteiger charge is -2.03. The molecule has 0 saturated carbocycles. The molecule has 1 heterocycles. The fourth-order valence-corrected chi connectivity index (χ4v) is 2.20. The summed E-state index contributed by atoms with van der Waals surface area (Å²) in [7, 11) is 1.61. The number of carbonyl (C=O) groups is 1. The van der Waals surface area contributed by atoms with E-state index in [1.54, 1.807) is 14.0 Å². The third-order valence-electron chi connectivity index (χ3n) is 2.33. The van der Waals surface area contributed by atoms with Crippen LogP contribution in [0.5, 0.6) is 5.75 Å². The molecule has 2 rings (SSSR count). The molecule has 0 aliphatic carbocycles. The van der Waals surface area contributed by atoms with E-state index in [1.807, 2.05) is 24.3 Å². The molecule has 1 aromatic carbocycles. The van der Waals surface area contributed by atoms with Crippen LogP contribution in [-0.4, -0.2) is 23.2 Å². The highest BCUT2D eigenvalue weighted by atomic mass is 32.1. The molecule has 5 nitrogen and oxygen atoms in total. The van der Waals surface area contributed by atoms with E-state index in [1.165, 1.54) is 11.3 Å². The molecule has 0 fully saturated rings. The number of rotatable bonds is 4. The fourth-order valence-electron chi connectivity index (χ4n) is 1.41. The molecule has 0 aliphatic heterocycles. The average Bonchev–Trinajstić information content (AvgIpc) is 2.86. The van der Waals surface area contributed by atoms with Gasteiger partial charge in [0.2, 0.25) is 11.0 Å². The Labute approximate surface area is 109 Å². The number of anilines is 1. The summed E-state index contributed by atoms with van der Waals surface area (Å²) in [5.41, 5.74) is 0.870. The quantitative estimate of drug-likeness (QED) is 0.920. The zero-order valence-electron chi connectivity index (χ0n) is 10.1. The molecule has 0 saturated heterocycles. The lowest BCUT2D eigenvalue weighted by molar-refractivity contribution is -0.115. The summed E-state index contributed by atoms with van der Waals surface area (Å²) in [5.74, 6) is 0.666. The minimum atomic E-state index is -0.0715. The maximum absolute atomic E-state index is 11.3. The second-order valence-corrected chi connectivity index (χ2v) is 4.49. The Balaban J connectivity index is 2.26. The van der Waals surface area contributed by atoms with Crippen LogP contribution >= 0.6 is 11.3 Å². The lowest BCUT2D eigenvalue weighted by Crippen LogP contribution is -2.08. The zero-order valence-corrected chi connectivity index (χ0v) is 11.0. The van der Waals surface area contributed by atoms with Gasteiger partial charge in [0.15, 0.2) is 5.01 Å². The van der Waals surface area contributed by atoms with Crippen LogP contribution in [-0.2, 0) is 4.79 Å². The molecule has 18 heavy (non-hydrogen) atoms. The Morgan fingerprint density at radius 3 is 2.89 bits per heavy atom. The summed E-state index contributed by atoms with van der Waals surface area (Å²) in [6.45, 7) is 1.79. The number of benzene rings is 1. The molecule has 1 N–H and O–H groups in total. The van der Waals surface area contributed by atoms with Crippen molar-refractivity contribution >= 4 is 22.4 Å². The molecule has 0 bridgehead atoms. The van der Waals surface area contributed by atoms with E-state index in [-0.39, 0.29) is 5.91 Å². The van der Waals surface area contributed by atoms with E-state index in [0.29, 0.717) is 11.6 Å². The number of nitrogens with zero attached hydrogens (tertiary/aromatic N) is 2. The largest absolute Gasteiger partial charge is 0.496 e. The van der Waals surface area contributed by atoms with E-state index in [2.05, 4.69) is 15.5 Å². The van der Waals surface area contributed by atoms with Crippen LogP contribution in [0, 0.1) is 0 Å². The van der Waals surface area contributed by atoms with Crippen LogP contribution in [0.15, 0.2) is 24.3 Å². The highest BCUT2D eigenvalue weighted by Gasteiger charge is 2.11. The average molecular weight is 263 g/mol. The molecule has 6 heteroatoms. The number of methoxy groups -OCH3 is 1. The number of hydrogen-bond donors (Lipinski definition) is 1. The van der Waals surface area contributed by atoms with Crippen molar-refractivity contribution in [2.45, 2.75) is 13.3 Å². The number of para-hydroxylation sites is 1. The fraction of sp³-hybridized carbons (Fsp3) is 0.250. The number of nitrogens with one attached hydrogen (secondary N) is 1. The van der Waals surface area contributed by atoms with Crippen molar-refractivity contribution in [3.05, 3.63) is 24.3 Å². The smallest absolute Gasteiger partial charge is 0.225 e. The highest BCUT2D eigenvalue weighted by Crippen LogP contribution is 2.33. The highest BCUT2D eigenvalue weighted by molar-refractivity contribution is 7.18. The summed E-state index contributed by atoms with van der Waals surface area (Å²) < 4.78 is 5.26. The topological polar surface area (TPSA) is 64.1 Å². The van der Waals surface area contributed by atoms with E-state index >= 15 is 0 Å². The molecule has 0 atom stereocenters. The second-order valence-electron chi connectivity index (χ2n) is 3.51. The normalized spacial score (nSPS) is 10.1. The lowest BCUT2D eigenvalue weighted by atomic mass is 10.2. The third kappa shape index (κ3) is 2.65. The number of aromatic nitrogens is 2. The van der Waals surface area contributed by atoms with Crippen molar-refractivity contribution in [3.8, 4) is 16.3 Å². The van der Waals surface area contributed by atoms with Crippen LogP contribution in [0.2, 0.25) is 0 Å². The van der Waals surface area contributed by atoms with Crippen LogP contribution in [0.4, 0.5) is 5.13 Å². The number of hydrogen-bond acceptors (Lipinski definition) is 5. The maximum atomic E-state index is 11.3. The number of ether oxygens (including phenoxy) is 1. The summed E-state index contributed by atoms with van der Waals surface area (Å²) in [6, 6.07) is 7.57. The van der Waals surface area contributed by atoms with Gasteiger partial charge in [-0.3, -0.25) is 4.79 Å². The first kappa shape index (κ1) is 12.5. The van der Waals surface area contributed by atoms with E-state index < -0.39 is 0 Å². The van der Waals surface area contributed by atoms with Crippen molar-refractivity contribution in [2.75, 3.05) is 12.4 Å². The first-order chi connectivity index (χ1) is 8.74. The van der Waals surface area contributed by atoms with Crippen molar-refractivity contribution in [1.29, 1.82) is 0 Å². The first-order valence-corrected chi connectivity index (χ1v) is 6.33. The predicted octanol–water partition coefficient (Wildman–Crippen LogP) is 2.56. The van der Waals surface area contributed by atoms with Gasteiger partial charge in [0.25, 0.3) is 0 Å². The van der Waals surface area contributed by atoms with Gasteiger partial charge in [-0.05, 0) is 12.1 Å². The molecule has 1 amide bonds. The second kappa shape index (κ2) is 5.59. The van der Waals surface area contributed by atoms with E-state index in [4.69, 9.17) is 4.74 Å². The van der Waals surface area contributed by atoms with Gasteiger partial charge in [-0.15, -0.1) is 10.2 Å². The standard InChI is InChI=1S/C12H13N3O2S/c1-3-10(16)13-12-15-14-11(18-12)8-6-4-5-7-9(8)17-2/h4-7H,3H2,1-2H3,(H,13,15,16). The minimum absolute atomic E-state index is 0.0715. The Bertz CT molecular complexity index is 554. The molecule has 2 aromatic rings. The third-order valence-corrected chi connectivity index (χ3v) is 3.20. The van der Waals surface area contributed by atoms with Crippen molar-refractivity contribution < 1.29 is 9.53 Å². The molecule has 0 aliphatic rings. The Kier molecular flexibility index (Phi) is 3.88. The molecule has 0 spiro atoms. The molecule has 94 valence electrons. The molecule has 0 radical (unpaired) electrons. The Morgan fingerprint density at radius 2 is 2.17 bits per heavy atom. The summed E-state index contributed by atoms with van der Waals surface area (Å²) in [5, 5.41) is 11.9. The zero-order chi connectivity index (χ0) is 13.0. The monoisotopic (exact) mass is 263 g/mol. The summed E-state index contributed by atoms with van der Waals surface area (Å²) in [6.07, 6.45) is 0.420. The summed E-state index contributed by atoms with van der Waals surface area (Å²) >= 11 is 1.33. The van der Waals surface area contributed by atoms with Gasteiger partial charge < -0.3 is 10.1 Å². The summed E-state index contributed by atoms with van der Waals surface area (Å²) in [4.78, 5) is 11.3. The minimum Gasteiger partial charge on any atom is -0.496 e. The molecular weight excluding hydrogens is 250 g/mol. The van der Waals surface area contributed by atoms with E-state index in [0.717, 1.165) is 16.3 Å². The predicted molar refractivity (Wildman–Crippen MR) is 70.8 cm³/mol. The first-order valence-electron chi connectivity index (χ1n) is 5.51. The van der Waals surface area contributed by atoms with Gasteiger partial charge in [-0.25, -0.2) is 0 Å². The molecule has 0 unspecified atom stereocenters. The van der Waals surface area contributed by atoms with Gasteiger partial charge in [-0.1, -0.05) is 30.4 Å². The number of amides is 1. The van der Waals surface area contributed by atoms with Gasteiger partial charge >= 0.3 is 0 Å². The van der Waals surface area contributed by atoms with Crippen molar-refractivity contribution in [1.82, 2.24) is 10.2 Å². The van der Waals surface area contributed by atoms with Crippen molar-refractivity contribution in [2.24, 2.45) is 0 Å². The van der Waals surface area contributed by atoms with Crippen LogP contribution in [0.1, 0.15) is 13.3 Å². The maximum Gasteiger partial charge on any atom is 0.225 e. The Morgan fingerprint density at radius 1 is 1.39 bits per heavy atom. The van der Waals surface area contributed by atoms with Gasteiger partial charge in [0.1, 0.15) is 5.75 Å². The Hall–Kier alpha value is -1.95. The van der Waals surface area contributed by atoms with Gasteiger partial charge in [-0.2, -0.15) is 0 Å². The van der Waals surface area contributed by atoms with Crippen LogP contribution in [0.25, 0.3) is 10.6 Å². The van der Waals surface area contributed by atoms with E-state index in [9.17, 15) is 4.79 Å². The van der Waals surface area contributed by atoms with Crippen molar-refractivity contribution in [3.63, 3.8) is 0 Å². The van der Waals surface area contributed by atoms with Gasteiger partial charge in [0, 0.05) is 6.42 Å². The molecule has 1 aromatic heterocycles. The SMILES string of the molecule is CCC(=O)Nc1nnc(-c2ccccc2OC)s1. The van der Waals surface area contributed by atoms with Crippen LogP contribution < -0.4 is 10.1 Å². The van der Waals surface area contributed by atoms with Crippen LogP contribution in [0.3, 0.4) is 0 Å². The van der Waals surface area contributed by atoms with Gasteiger partial charge in [0.05, 0.1) is 12.7 Å². The number of carbonyl (C=O) groups excluding carboxylic acids is 1. The molecular formula is C12H13N3O2S.